The van der Waals surface area contributed by atoms with Crippen molar-refractivity contribution in [2.45, 2.75) is 20.3 Å². The summed E-state index contributed by atoms with van der Waals surface area (Å²) in [6.07, 6.45) is 0.384. The maximum absolute atomic E-state index is 11.0. The van der Waals surface area contributed by atoms with Crippen LogP contribution in [0.25, 0.3) is 0 Å². The second-order valence-electron chi connectivity index (χ2n) is 2.59. The van der Waals surface area contributed by atoms with Crippen LogP contribution in [0.5, 0.6) is 0 Å². The van der Waals surface area contributed by atoms with Crippen molar-refractivity contribution < 1.29 is 9.53 Å². The molecule has 0 heterocycles. The van der Waals surface area contributed by atoms with E-state index < -0.39 is 11.9 Å². The number of nitriles is 1. The van der Waals surface area contributed by atoms with Crippen LogP contribution < -0.4 is 0 Å². The van der Waals surface area contributed by atoms with Gasteiger partial charge in [-0.1, -0.05) is 5.57 Å². The van der Waals surface area contributed by atoms with Crippen molar-refractivity contribution in [1.29, 1.82) is 5.26 Å². The first-order valence-corrected chi connectivity index (χ1v) is 3.82. The largest absolute Gasteiger partial charge is 0.465 e. The predicted molar refractivity (Wildman–Crippen MR) is 45.2 cm³/mol. The van der Waals surface area contributed by atoms with E-state index in [9.17, 15) is 4.79 Å². The molecule has 0 spiro atoms. The van der Waals surface area contributed by atoms with Crippen molar-refractivity contribution in [3.05, 3.63) is 12.2 Å². The van der Waals surface area contributed by atoms with Gasteiger partial charge in [-0.3, -0.25) is 4.79 Å². The molecule has 0 aromatic rings. The molecule has 0 aliphatic rings. The number of carbonyl (C=O) groups is 1. The highest BCUT2D eigenvalue weighted by Gasteiger charge is 2.18. The fourth-order valence-corrected chi connectivity index (χ4v) is 0.773. The number of hydrogen-bond acceptors (Lipinski definition) is 3. The molecular formula is C9H13NO2. The topological polar surface area (TPSA) is 50.1 Å². The Labute approximate surface area is 72.6 Å². The first kappa shape index (κ1) is 10.7. The Morgan fingerprint density at radius 1 is 1.75 bits per heavy atom. The molecule has 0 aromatic heterocycles. The second kappa shape index (κ2) is 5.36. The summed E-state index contributed by atoms with van der Waals surface area (Å²) in [5.74, 6) is -1.15. The van der Waals surface area contributed by atoms with Crippen LogP contribution in [0, 0.1) is 17.2 Å². The Balaban J connectivity index is 4.08. The van der Waals surface area contributed by atoms with Gasteiger partial charge < -0.3 is 4.74 Å². The van der Waals surface area contributed by atoms with E-state index >= 15 is 0 Å². The van der Waals surface area contributed by atoms with Gasteiger partial charge in [0.15, 0.2) is 0 Å². The smallest absolute Gasteiger partial charge is 0.323 e. The van der Waals surface area contributed by atoms with Gasteiger partial charge in [-0.15, -0.1) is 6.58 Å². The average molecular weight is 167 g/mol. The third kappa shape index (κ3) is 3.77. The van der Waals surface area contributed by atoms with Crippen molar-refractivity contribution in [1.82, 2.24) is 0 Å². The van der Waals surface area contributed by atoms with Crippen molar-refractivity contribution in [3.63, 3.8) is 0 Å². The molecule has 1 atom stereocenters. The first-order chi connectivity index (χ1) is 5.61. The van der Waals surface area contributed by atoms with Gasteiger partial charge in [-0.2, -0.15) is 5.26 Å². The zero-order valence-electron chi connectivity index (χ0n) is 7.46. The average Bonchev–Trinajstić information content (AvgIpc) is 2.00. The third-order valence-corrected chi connectivity index (χ3v) is 1.28. The van der Waals surface area contributed by atoms with E-state index in [0.717, 1.165) is 5.57 Å². The molecule has 0 aromatic carbocycles. The summed E-state index contributed by atoms with van der Waals surface area (Å²) in [7, 11) is 0. The van der Waals surface area contributed by atoms with E-state index in [2.05, 4.69) is 6.58 Å². The SMILES string of the molecule is C=C(C)CC(C#N)C(=O)OCC. The number of nitrogens with zero attached hydrogens (tertiary/aromatic N) is 1. The molecule has 3 heteroatoms. The summed E-state index contributed by atoms with van der Waals surface area (Å²) >= 11 is 0. The van der Waals surface area contributed by atoms with Gasteiger partial charge in [-0.25, -0.2) is 0 Å². The van der Waals surface area contributed by atoms with Crippen LogP contribution in [0.15, 0.2) is 12.2 Å². The molecule has 0 aliphatic heterocycles. The van der Waals surface area contributed by atoms with Crippen LogP contribution in [0.1, 0.15) is 20.3 Å². The molecule has 0 radical (unpaired) electrons. The van der Waals surface area contributed by atoms with Gasteiger partial charge in [0.25, 0.3) is 0 Å². The standard InChI is InChI=1S/C9H13NO2/c1-4-12-9(11)8(6-10)5-7(2)3/h8H,2,4-5H2,1,3H3. The Kier molecular flexibility index (Phi) is 4.78. The molecule has 1 unspecified atom stereocenters. The second-order valence-corrected chi connectivity index (χ2v) is 2.59. The molecule has 66 valence electrons. The number of allylic oxidation sites excluding steroid dienone is 1. The highest BCUT2D eigenvalue weighted by molar-refractivity contribution is 5.75. The summed E-state index contributed by atoms with van der Waals surface area (Å²) in [6, 6.07) is 1.88. The molecule has 0 N–H and O–H groups in total. The monoisotopic (exact) mass is 167 g/mol. The minimum atomic E-state index is -0.692. The summed E-state index contributed by atoms with van der Waals surface area (Å²) in [5, 5.41) is 8.58. The van der Waals surface area contributed by atoms with Crippen LogP contribution in [0.3, 0.4) is 0 Å². The first-order valence-electron chi connectivity index (χ1n) is 3.82. The maximum Gasteiger partial charge on any atom is 0.323 e. The van der Waals surface area contributed by atoms with E-state index in [-0.39, 0.29) is 0 Å². The summed E-state index contributed by atoms with van der Waals surface area (Å²) in [5.41, 5.74) is 0.814. The summed E-state index contributed by atoms with van der Waals surface area (Å²) < 4.78 is 4.69. The van der Waals surface area contributed by atoms with Crippen LogP contribution in [-0.2, 0) is 9.53 Å². The molecular weight excluding hydrogens is 154 g/mol. The van der Waals surface area contributed by atoms with E-state index in [4.69, 9.17) is 10.00 Å². The number of esters is 1. The highest BCUT2D eigenvalue weighted by atomic mass is 16.5. The van der Waals surface area contributed by atoms with Crippen LogP contribution in [0.4, 0.5) is 0 Å². The predicted octanol–water partition coefficient (Wildman–Crippen LogP) is 1.66. The van der Waals surface area contributed by atoms with Crippen molar-refractivity contribution in [3.8, 4) is 6.07 Å². The molecule has 0 saturated carbocycles. The molecule has 0 saturated heterocycles. The van der Waals surface area contributed by atoms with Crippen molar-refractivity contribution in [2.75, 3.05) is 6.61 Å². The van der Waals surface area contributed by atoms with Gasteiger partial charge in [0, 0.05) is 0 Å². The van der Waals surface area contributed by atoms with E-state index in [1.165, 1.54) is 0 Å². The van der Waals surface area contributed by atoms with Crippen molar-refractivity contribution >= 4 is 5.97 Å². The highest BCUT2D eigenvalue weighted by Crippen LogP contribution is 2.10. The minimum absolute atomic E-state index is 0.313. The zero-order chi connectivity index (χ0) is 9.56. The Morgan fingerprint density at radius 2 is 2.33 bits per heavy atom. The maximum atomic E-state index is 11.0. The van der Waals surface area contributed by atoms with E-state index in [1.54, 1.807) is 13.8 Å². The van der Waals surface area contributed by atoms with Crippen LogP contribution in [0.2, 0.25) is 0 Å². The lowest BCUT2D eigenvalue weighted by atomic mass is 10.0. The third-order valence-electron chi connectivity index (χ3n) is 1.28. The number of ether oxygens (including phenoxy) is 1. The molecule has 0 rings (SSSR count). The van der Waals surface area contributed by atoms with E-state index in [0.29, 0.717) is 13.0 Å². The number of rotatable bonds is 4. The van der Waals surface area contributed by atoms with Crippen LogP contribution in [-0.4, -0.2) is 12.6 Å². The van der Waals surface area contributed by atoms with Gasteiger partial charge >= 0.3 is 5.97 Å². The zero-order valence-corrected chi connectivity index (χ0v) is 7.46. The number of hydrogen-bond donors (Lipinski definition) is 0. The summed E-state index contributed by atoms with van der Waals surface area (Å²) in [6.45, 7) is 7.44. The lowest BCUT2D eigenvalue weighted by Crippen LogP contribution is -2.16. The normalized spacial score (nSPS) is 11.4. The van der Waals surface area contributed by atoms with Gasteiger partial charge in [-0.05, 0) is 20.3 Å². The fourth-order valence-electron chi connectivity index (χ4n) is 0.773. The molecule has 3 nitrogen and oxygen atoms in total. The Morgan fingerprint density at radius 3 is 2.67 bits per heavy atom. The lowest BCUT2D eigenvalue weighted by Gasteiger charge is -2.06. The quantitative estimate of drug-likeness (QED) is 0.472. The van der Waals surface area contributed by atoms with Gasteiger partial charge in [0.05, 0.1) is 12.7 Å². The van der Waals surface area contributed by atoms with Gasteiger partial charge in [0.1, 0.15) is 5.92 Å². The molecule has 0 aliphatic carbocycles. The summed E-state index contributed by atoms with van der Waals surface area (Å²) in [4.78, 5) is 11.0. The Hall–Kier alpha value is -1.30. The Bertz CT molecular complexity index is 215. The van der Waals surface area contributed by atoms with E-state index in [1.807, 2.05) is 6.07 Å². The molecule has 0 fully saturated rings. The minimum Gasteiger partial charge on any atom is -0.465 e. The van der Waals surface area contributed by atoms with Crippen molar-refractivity contribution in [2.24, 2.45) is 5.92 Å². The molecule has 12 heavy (non-hydrogen) atoms. The number of carbonyl (C=O) groups excluding carboxylic acids is 1. The lowest BCUT2D eigenvalue weighted by molar-refractivity contribution is -0.145. The molecule has 0 amide bonds. The molecule has 0 bridgehead atoms. The van der Waals surface area contributed by atoms with Gasteiger partial charge in [0.2, 0.25) is 0 Å². The fraction of sp³-hybridized carbons (Fsp3) is 0.556. The van der Waals surface area contributed by atoms with Crippen LogP contribution >= 0.6 is 0 Å².